The topological polar surface area (TPSA) is 105 Å². The lowest BCUT2D eigenvalue weighted by molar-refractivity contribution is 0.0826. The first-order valence-corrected chi connectivity index (χ1v) is 10.6. The first-order chi connectivity index (χ1) is 15.4. The molecule has 0 saturated heterocycles. The van der Waals surface area contributed by atoms with Gasteiger partial charge in [-0.2, -0.15) is 9.61 Å². The molecule has 9 nitrogen and oxygen atoms in total. The Hall–Kier alpha value is -3.50. The Balaban J connectivity index is 1.46. The maximum atomic E-state index is 13.6. The van der Waals surface area contributed by atoms with Gasteiger partial charge in [0.05, 0.1) is 12.2 Å². The summed E-state index contributed by atoms with van der Waals surface area (Å²) >= 11 is 0. The molecule has 3 heterocycles. The lowest BCUT2D eigenvalue weighted by atomic mass is 9.90. The molecule has 3 aromatic rings. The predicted octanol–water partition coefficient (Wildman–Crippen LogP) is 2.58. The van der Waals surface area contributed by atoms with E-state index in [1.807, 2.05) is 0 Å². The first kappa shape index (κ1) is 20.4. The lowest BCUT2D eigenvalue weighted by Gasteiger charge is -2.31. The van der Waals surface area contributed by atoms with Crippen LogP contribution in [0, 0.1) is 0 Å². The zero-order chi connectivity index (χ0) is 22.4. The van der Waals surface area contributed by atoms with Gasteiger partial charge in [0.25, 0.3) is 11.5 Å². The number of pyridine rings is 1. The second-order valence-electron chi connectivity index (χ2n) is 8.23. The molecule has 0 bridgehead atoms. The third-order valence-corrected chi connectivity index (χ3v) is 6.17. The Labute approximate surface area is 181 Å². The quantitative estimate of drug-likeness (QED) is 0.541. The molecule has 5 rings (SSSR count). The van der Waals surface area contributed by atoms with E-state index in [0.717, 1.165) is 0 Å². The van der Waals surface area contributed by atoms with Crippen molar-refractivity contribution in [2.75, 3.05) is 17.7 Å². The number of anilines is 3. The predicted molar refractivity (Wildman–Crippen MR) is 115 cm³/mol. The lowest BCUT2D eigenvalue weighted by Crippen LogP contribution is -2.48. The average molecular weight is 443 g/mol. The number of nitrogens with one attached hydrogen (secondary N) is 3. The molecule has 2 saturated carbocycles. The van der Waals surface area contributed by atoms with Gasteiger partial charge in [-0.15, -0.1) is 0 Å². The molecule has 0 radical (unpaired) electrons. The molecule has 3 N–H and O–H groups in total. The number of fused-ring (bicyclic) bond motifs is 1. The van der Waals surface area contributed by atoms with Crippen molar-refractivity contribution in [1.82, 2.24) is 24.5 Å². The Morgan fingerprint density at radius 3 is 2.72 bits per heavy atom. The number of amides is 1. The van der Waals surface area contributed by atoms with Crippen molar-refractivity contribution in [3.63, 3.8) is 0 Å². The largest absolute Gasteiger partial charge is 0.373 e. The summed E-state index contributed by atoms with van der Waals surface area (Å²) in [4.78, 5) is 30.0. The SMILES string of the molecule is CNc1cc(Nc2cccn(C3CC(F)C3)c2=O)nc2c(C(=O)NC3CC[C@@H]3F)cnn12. The normalized spacial score (nSPS) is 24.5. The minimum absolute atomic E-state index is 0.154. The van der Waals surface area contributed by atoms with Crippen molar-refractivity contribution in [1.29, 1.82) is 0 Å². The van der Waals surface area contributed by atoms with Gasteiger partial charge in [0, 0.05) is 25.4 Å². The van der Waals surface area contributed by atoms with Crippen LogP contribution >= 0.6 is 0 Å². The van der Waals surface area contributed by atoms with Gasteiger partial charge in [-0.05, 0) is 37.8 Å². The highest BCUT2D eigenvalue weighted by Gasteiger charge is 2.33. The zero-order valence-corrected chi connectivity index (χ0v) is 17.4. The van der Waals surface area contributed by atoms with Crippen LogP contribution in [-0.2, 0) is 0 Å². The van der Waals surface area contributed by atoms with Crippen molar-refractivity contribution in [3.8, 4) is 0 Å². The number of halogens is 2. The number of aromatic nitrogens is 4. The fourth-order valence-corrected chi connectivity index (χ4v) is 4.01. The van der Waals surface area contributed by atoms with Gasteiger partial charge in [-0.3, -0.25) is 9.59 Å². The van der Waals surface area contributed by atoms with Crippen LogP contribution in [0.5, 0.6) is 0 Å². The van der Waals surface area contributed by atoms with Gasteiger partial charge in [0.15, 0.2) is 5.65 Å². The average Bonchev–Trinajstić information content (AvgIpc) is 3.19. The van der Waals surface area contributed by atoms with E-state index >= 15 is 0 Å². The summed E-state index contributed by atoms with van der Waals surface area (Å²) in [6.07, 6.45) is 2.81. The third kappa shape index (κ3) is 3.47. The van der Waals surface area contributed by atoms with E-state index in [2.05, 4.69) is 26.0 Å². The number of carbonyl (C=O) groups is 1. The van der Waals surface area contributed by atoms with E-state index in [1.54, 1.807) is 31.4 Å². The van der Waals surface area contributed by atoms with E-state index < -0.39 is 24.3 Å². The van der Waals surface area contributed by atoms with Crippen molar-refractivity contribution in [3.05, 3.63) is 46.5 Å². The molecular formula is C21H23F2N7O2. The van der Waals surface area contributed by atoms with Gasteiger partial charge in [0.2, 0.25) is 0 Å². The molecule has 2 aliphatic rings. The van der Waals surface area contributed by atoms with E-state index in [1.165, 1.54) is 15.3 Å². The van der Waals surface area contributed by atoms with E-state index in [4.69, 9.17) is 0 Å². The fourth-order valence-electron chi connectivity index (χ4n) is 4.01. The fraction of sp³-hybridized carbons (Fsp3) is 0.429. The summed E-state index contributed by atoms with van der Waals surface area (Å²) < 4.78 is 29.8. The molecule has 3 aromatic heterocycles. The molecule has 32 heavy (non-hydrogen) atoms. The van der Waals surface area contributed by atoms with Gasteiger partial charge in [-0.25, -0.2) is 13.8 Å². The van der Waals surface area contributed by atoms with Crippen LogP contribution in [0.2, 0.25) is 0 Å². The van der Waals surface area contributed by atoms with E-state index in [-0.39, 0.29) is 28.5 Å². The van der Waals surface area contributed by atoms with Crippen LogP contribution < -0.4 is 21.5 Å². The highest BCUT2D eigenvalue weighted by Crippen LogP contribution is 2.33. The van der Waals surface area contributed by atoms with Crippen LogP contribution in [0.1, 0.15) is 42.1 Å². The van der Waals surface area contributed by atoms with E-state index in [9.17, 15) is 18.4 Å². The third-order valence-electron chi connectivity index (χ3n) is 6.17. The van der Waals surface area contributed by atoms with E-state index in [0.29, 0.717) is 37.3 Å². The molecule has 168 valence electrons. The molecule has 0 aromatic carbocycles. The van der Waals surface area contributed by atoms with Crippen LogP contribution in [0.4, 0.5) is 26.1 Å². The van der Waals surface area contributed by atoms with Gasteiger partial charge < -0.3 is 20.5 Å². The Morgan fingerprint density at radius 1 is 1.25 bits per heavy atom. The minimum Gasteiger partial charge on any atom is -0.373 e. The maximum absolute atomic E-state index is 13.6. The summed E-state index contributed by atoms with van der Waals surface area (Å²) in [5, 5.41) is 12.9. The number of rotatable bonds is 6. The highest BCUT2D eigenvalue weighted by atomic mass is 19.1. The first-order valence-electron chi connectivity index (χ1n) is 10.6. The standard InChI is InChI=1S/C21H23F2N7O2/c1-24-18-9-17(26-16-3-2-6-29(21(16)32)12-7-11(22)8-12)28-19-13(10-25-30(18)19)20(31)27-15-5-4-14(15)23/h2-3,6,9-12,14-15,24H,4-5,7-8H2,1H3,(H,26,28)(H,27,31)/t11?,12?,14-,15?/m0/s1. The minimum atomic E-state index is -1.04. The molecule has 2 atom stereocenters. The summed E-state index contributed by atoms with van der Waals surface area (Å²) in [6, 6.07) is 4.34. The number of carbonyl (C=O) groups excluding carboxylic acids is 1. The molecule has 1 amide bonds. The van der Waals surface area contributed by atoms with Crippen molar-refractivity contribution >= 4 is 28.9 Å². The Kier molecular flexibility index (Phi) is 5.03. The van der Waals surface area contributed by atoms with Crippen molar-refractivity contribution in [2.45, 2.75) is 50.1 Å². The highest BCUT2D eigenvalue weighted by molar-refractivity contribution is 6.00. The van der Waals surface area contributed by atoms with Crippen LogP contribution in [0.25, 0.3) is 5.65 Å². The van der Waals surface area contributed by atoms with Crippen molar-refractivity contribution < 1.29 is 13.6 Å². The number of hydrogen-bond donors (Lipinski definition) is 3. The monoisotopic (exact) mass is 443 g/mol. The Morgan fingerprint density at radius 2 is 2.06 bits per heavy atom. The molecule has 0 aliphatic heterocycles. The van der Waals surface area contributed by atoms with Crippen LogP contribution in [-0.4, -0.2) is 50.5 Å². The smallest absolute Gasteiger partial charge is 0.274 e. The second-order valence-corrected chi connectivity index (χ2v) is 8.23. The van der Waals surface area contributed by atoms with Crippen LogP contribution in [0.3, 0.4) is 0 Å². The number of nitrogens with zero attached hydrogens (tertiary/aromatic N) is 4. The van der Waals surface area contributed by atoms with Gasteiger partial charge in [0.1, 0.15) is 35.2 Å². The van der Waals surface area contributed by atoms with Gasteiger partial charge in [-0.1, -0.05) is 0 Å². The van der Waals surface area contributed by atoms with Crippen molar-refractivity contribution in [2.24, 2.45) is 0 Å². The summed E-state index contributed by atoms with van der Waals surface area (Å²) in [6.45, 7) is 0. The number of alkyl halides is 2. The zero-order valence-electron chi connectivity index (χ0n) is 17.4. The molecule has 0 spiro atoms. The van der Waals surface area contributed by atoms with Gasteiger partial charge >= 0.3 is 0 Å². The summed E-state index contributed by atoms with van der Waals surface area (Å²) in [5.74, 6) is 0.418. The van der Waals surface area contributed by atoms with Crippen LogP contribution in [0.15, 0.2) is 35.4 Å². The molecule has 1 unspecified atom stereocenters. The molecule has 2 fully saturated rings. The number of hydrogen-bond acceptors (Lipinski definition) is 6. The maximum Gasteiger partial charge on any atom is 0.274 e. The molecule has 11 heteroatoms. The Bertz CT molecular complexity index is 1230. The second kappa shape index (κ2) is 7.88. The summed E-state index contributed by atoms with van der Waals surface area (Å²) in [5.41, 5.74) is 0.483. The molecular weight excluding hydrogens is 420 g/mol. The molecule has 2 aliphatic carbocycles. The summed E-state index contributed by atoms with van der Waals surface area (Å²) in [7, 11) is 1.70.